The Bertz CT molecular complexity index is 1530. The van der Waals surface area contributed by atoms with E-state index in [2.05, 4.69) is 37.2 Å². The number of nitrogens with two attached hydrogens (primary N) is 3. The number of carbonyl (C=O) groups excluding carboxylic acids is 10. The topological polar surface area (TPSA) is 435 Å². The standard InChI is InChI=1S/C33H56N12O14/c1-16(40-29(54)17-6-4-10-37-17)27(52)42-18(5-2-3-9-34)30(55)45-22(15-47)32(57)43-19(7-8-23(35)48)28(53)39-12-25(50)38-13-26(51)41-21(14-46)31(56)44-20(33(58)59)11-24(36)49/h16-22,37,46-47H,2-15,34H2,1H3,(H2,35,48)(H2,36,49)(H,38,50)(H,39,53)(H,40,54)(H,41,51)(H,42,52)(H,43,57)(H,44,56)(H,45,55)(H,58,59). The van der Waals surface area contributed by atoms with Crippen molar-refractivity contribution in [2.24, 2.45) is 17.2 Å². The predicted octanol–water partition coefficient (Wildman–Crippen LogP) is -8.76. The fraction of sp³-hybridized carbons (Fsp3) is 0.667. The van der Waals surface area contributed by atoms with Gasteiger partial charge in [-0.15, -0.1) is 0 Å². The van der Waals surface area contributed by atoms with Gasteiger partial charge in [0.15, 0.2) is 0 Å². The van der Waals surface area contributed by atoms with Crippen molar-refractivity contribution >= 4 is 65.0 Å². The van der Waals surface area contributed by atoms with Gasteiger partial charge in [0.05, 0.1) is 38.8 Å². The molecule has 332 valence electrons. The minimum atomic E-state index is -1.75. The molecule has 1 fully saturated rings. The average molecular weight is 845 g/mol. The quantitative estimate of drug-likeness (QED) is 0.0325. The van der Waals surface area contributed by atoms with Gasteiger partial charge >= 0.3 is 5.97 Å². The van der Waals surface area contributed by atoms with Gasteiger partial charge in [-0.2, -0.15) is 0 Å². The molecule has 0 bridgehead atoms. The van der Waals surface area contributed by atoms with Crippen LogP contribution in [0.25, 0.3) is 0 Å². The van der Waals surface area contributed by atoms with Crippen LogP contribution >= 0.6 is 0 Å². The molecule has 1 rings (SSSR count). The molecule has 7 unspecified atom stereocenters. The zero-order valence-electron chi connectivity index (χ0n) is 32.5. The van der Waals surface area contributed by atoms with Crippen LogP contribution in [0.15, 0.2) is 0 Å². The molecule has 0 aromatic carbocycles. The van der Waals surface area contributed by atoms with Crippen LogP contribution in [0.2, 0.25) is 0 Å². The summed E-state index contributed by atoms with van der Waals surface area (Å²) in [6.45, 7) is -1.23. The van der Waals surface area contributed by atoms with E-state index in [0.29, 0.717) is 25.8 Å². The van der Waals surface area contributed by atoms with Crippen LogP contribution in [0.1, 0.15) is 58.3 Å². The molecule has 0 saturated carbocycles. The summed E-state index contributed by atoms with van der Waals surface area (Å²) in [6.07, 6.45) is 0.698. The molecule has 26 nitrogen and oxygen atoms in total. The molecule has 1 saturated heterocycles. The van der Waals surface area contributed by atoms with Gasteiger partial charge in [-0.05, 0) is 58.5 Å². The van der Waals surface area contributed by atoms with E-state index >= 15 is 0 Å². The minimum Gasteiger partial charge on any atom is -0.480 e. The molecule has 0 aromatic rings. The van der Waals surface area contributed by atoms with Gasteiger partial charge in [-0.1, -0.05) is 0 Å². The molecule has 0 radical (unpaired) electrons. The van der Waals surface area contributed by atoms with Gasteiger partial charge < -0.3 is 80.4 Å². The zero-order chi connectivity index (χ0) is 44.7. The number of unbranched alkanes of at least 4 members (excludes halogenated alkanes) is 1. The first-order valence-corrected chi connectivity index (χ1v) is 18.6. The number of aliphatic hydroxyl groups is 2. The summed E-state index contributed by atoms with van der Waals surface area (Å²) in [6, 6.07) is -9.42. The Morgan fingerprint density at radius 3 is 1.73 bits per heavy atom. The first-order valence-electron chi connectivity index (χ1n) is 18.6. The summed E-state index contributed by atoms with van der Waals surface area (Å²) in [7, 11) is 0. The highest BCUT2D eigenvalue weighted by Crippen LogP contribution is 2.07. The third-order valence-corrected chi connectivity index (χ3v) is 8.56. The number of nitrogens with one attached hydrogen (secondary N) is 9. The Balaban J connectivity index is 2.85. The zero-order valence-corrected chi connectivity index (χ0v) is 32.5. The van der Waals surface area contributed by atoms with Crippen molar-refractivity contribution in [2.45, 2.75) is 101 Å². The normalized spacial score (nSPS) is 16.3. The third kappa shape index (κ3) is 19.8. The smallest absolute Gasteiger partial charge is 0.326 e. The van der Waals surface area contributed by atoms with Gasteiger partial charge in [0.2, 0.25) is 59.1 Å². The van der Waals surface area contributed by atoms with Crippen molar-refractivity contribution in [3.8, 4) is 0 Å². The number of amides is 10. The Kier molecular flexibility index (Phi) is 23.2. The first-order chi connectivity index (χ1) is 27.8. The molecule has 1 heterocycles. The number of carbonyl (C=O) groups is 11. The Morgan fingerprint density at radius 1 is 0.644 bits per heavy atom. The van der Waals surface area contributed by atoms with Crippen LogP contribution in [0.5, 0.6) is 0 Å². The van der Waals surface area contributed by atoms with Crippen molar-refractivity contribution in [3.63, 3.8) is 0 Å². The molecule has 59 heavy (non-hydrogen) atoms. The molecule has 10 amide bonds. The number of rotatable bonds is 28. The maximum absolute atomic E-state index is 13.3. The highest BCUT2D eigenvalue weighted by atomic mass is 16.4. The third-order valence-electron chi connectivity index (χ3n) is 8.56. The number of hydrogen-bond acceptors (Lipinski definition) is 15. The lowest BCUT2D eigenvalue weighted by molar-refractivity contribution is -0.144. The Hall–Kier alpha value is -5.99. The van der Waals surface area contributed by atoms with Gasteiger partial charge in [0, 0.05) is 6.42 Å². The maximum atomic E-state index is 13.3. The fourth-order valence-corrected chi connectivity index (χ4v) is 5.29. The SMILES string of the molecule is CC(NC(=O)C1CCCN1)C(=O)NC(CCCCN)C(=O)NC(CO)C(=O)NC(CCC(N)=O)C(=O)NCC(=O)NCC(=O)NC(CO)C(=O)NC(CC(N)=O)C(=O)O. The molecule has 0 aliphatic carbocycles. The maximum Gasteiger partial charge on any atom is 0.326 e. The lowest BCUT2D eigenvalue weighted by atomic mass is 10.1. The van der Waals surface area contributed by atoms with E-state index in [-0.39, 0.29) is 18.9 Å². The molecule has 1 aliphatic heterocycles. The summed E-state index contributed by atoms with van der Waals surface area (Å²) in [5.74, 6) is -10.8. The van der Waals surface area contributed by atoms with Crippen LogP contribution < -0.4 is 65.1 Å². The van der Waals surface area contributed by atoms with Crippen LogP contribution in [0.3, 0.4) is 0 Å². The van der Waals surface area contributed by atoms with Crippen LogP contribution in [0.4, 0.5) is 0 Å². The van der Waals surface area contributed by atoms with E-state index in [9.17, 15) is 63.0 Å². The monoisotopic (exact) mass is 844 g/mol. The molecule has 0 spiro atoms. The second-order valence-corrected chi connectivity index (χ2v) is 13.4. The van der Waals surface area contributed by atoms with Crippen molar-refractivity contribution < 1.29 is 68.1 Å². The molecule has 18 N–H and O–H groups in total. The number of carboxylic acid groups (broad SMARTS) is 1. The summed E-state index contributed by atoms with van der Waals surface area (Å²) >= 11 is 0. The van der Waals surface area contributed by atoms with E-state index in [4.69, 9.17) is 22.3 Å². The van der Waals surface area contributed by atoms with Gasteiger partial charge in [0.25, 0.3) is 0 Å². The summed E-state index contributed by atoms with van der Waals surface area (Å²) in [5.41, 5.74) is 15.7. The van der Waals surface area contributed by atoms with Gasteiger partial charge in [0.1, 0.15) is 36.3 Å². The van der Waals surface area contributed by atoms with Crippen molar-refractivity contribution in [1.29, 1.82) is 0 Å². The second kappa shape index (κ2) is 26.8. The summed E-state index contributed by atoms with van der Waals surface area (Å²) in [4.78, 5) is 136. The summed E-state index contributed by atoms with van der Waals surface area (Å²) < 4.78 is 0. The van der Waals surface area contributed by atoms with Gasteiger partial charge in [-0.3, -0.25) is 47.9 Å². The Morgan fingerprint density at radius 2 is 1.19 bits per heavy atom. The molecule has 7 atom stereocenters. The van der Waals surface area contributed by atoms with Crippen LogP contribution in [-0.2, 0) is 52.7 Å². The molecular weight excluding hydrogens is 788 g/mol. The summed E-state index contributed by atoms with van der Waals surface area (Å²) in [5, 5.41) is 49.5. The van der Waals surface area contributed by atoms with E-state index in [1.54, 1.807) is 0 Å². The molecule has 0 aromatic heterocycles. The largest absolute Gasteiger partial charge is 0.480 e. The number of primary amides is 2. The van der Waals surface area contributed by atoms with Gasteiger partial charge in [-0.25, -0.2) is 4.79 Å². The van der Waals surface area contributed by atoms with Crippen LogP contribution in [-0.4, -0.2) is 162 Å². The molecular formula is C33H56N12O14. The average Bonchev–Trinajstić information content (AvgIpc) is 3.73. The van der Waals surface area contributed by atoms with E-state index in [1.807, 2.05) is 10.6 Å². The minimum absolute atomic E-state index is 0.0652. The molecule has 26 heteroatoms. The van der Waals surface area contributed by atoms with Crippen LogP contribution in [0, 0.1) is 0 Å². The second-order valence-electron chi connectivity index (χ2n) is 13.4. The van der Waals surface area contributed by atoms with E-state index in [1.165, 1.54) is 6.92 Å². The number of carboxylic acids is 1. The first kappa shape index (κ1) is 51.0. The van der Waals surface area contributed by atoms with Crippen molar-refractivity contribution in [1.82, 2.24) is 47.9 Å². The number of aliphatic hydroxyl groups excluding tert-OH is 2. The highest BCUT2D eigenvalue weighted by Gasteiger charge is 2.32. The lowest BCUT2D eigenvalue weighted by Crippen LogP contribution is -2.59. The fourth-order valence-electron chi connectivity index (χ4n) is 5.29. The van der Waals surface area contributed by atoms with Crippen molar-refractivity contribution in [3.05, 3.63) is 0 Å². The van der Waals surface area contributed by atoms with E-state index in [0.717, 1.165) is 6.42 Å². The van der Waals surface area contributed by atoms with E-state index < -0.39 is 147 Å². The Labute approximate surface area is 338 Å². The predicted molar refractivity (Wildman–Crippen MR) is 201 cm³/mol. The lowest BCUT2D eigenvalue weighted by Gasteiger charge is -2.25. The number of aliphatic carboxylic acids is 1. The van der Waals surface area contributed by atoms with Crippen molar-refractivity contribution in [2.75, 3.05) is 39.4 Å². The molecule has 1 aliphatic rings. The number of hydrogen-bond donors (Lipinski definition) is 15. The highest BCUT2D eigenvalue weighted by molar-refractivity contribution is 5.97.